The maximum absolute atomic E-state index is 12.4. The molecular weight excluding hydrogens is 312 g/mol. The van der Waals surface area contributed by atoms with E-state index in [9.17, 15) is 4.79 Å². The highest BCUT2D eigenvalue weighted by molar-refractivity contribution is 6.31. The highest BCUT2D eigenvalue weighted by Crippen LogP contribution is 2.45. The molecular formula is C18H19ClN2O2. The standard InChI is InChI=1S/C18H19ClN2O2/c1-12-3-5-13(6-4-12)18(9-10-18)21-17(22)20-15-11-14(19)7-8-16(15)23-2/h3-8,11H,9-10H2,1-2H3,(H2,20,21,22). The van der Waals surface area contributed by atoms with Gasteiger partial charge in [0, 0.05) is 5.02 Å². The number of aryl methyl sites for hydroxylation is 1. The van der Waals surface area contributed by atoms with Crippen LogP contribution in [0.5, 0.6) is 5.75 Å². The number of rotatable bonds is 4. The number of amides is 2. The summed E-state index contributed by atoms with van der Waals surface area (Å²) >= 11 is 5.99. The topological polar surface area (TPSA) is 50.4 Å². The van der Waals surface area contributed by atoms with Gasteiger partial charge in [-0.05, 0) is 43.5 Å². The number of hydrogen-bond acceptors (Lipinski definition) is 2. The SMILES string of the molecule is COc1ccc(Cl)cc1NC(=O)NC1(c2ccc(C)cc2)CC1. The smallest absolute Gasteiger partial charge is 0.320 e. The second-order valence-corrected chi connectivity index (χ2v) is 6.31. The van der Waals surface area contributed by atoms with Crippen LogP contribution in [0, 0.1) is 6.92 Å². The van der Waals surface area contributed by atoms with Crippen molar-refractivity contribution < 1.29 is 9.53 Å². The summed E-state index contributed by atoms with van der Waals surface area (Å²) < 4.78 is 5.24. The molecule has 4 nitrogen and oxygen atoms in total. The maximum atomic E-state index is 12.4. The van der Waals surface area contributed by atoms with Crippen LogP contribution in [0.25, 0.3) is 0 Å². The van der Waals surface area contributed by atoms with Crippen molar-refractivity contribution in [2.24, 2.45) is 0 Å². The number of carbonyl (C=O) groups excluding carboxylic acids is 1. The van der Waals surface area contributed by atoms with Gasteiger partial charge in [0.2, 0.25) is 0 Å². The van der Waals surface area contributed by atoms with Gasteiger partial charge in [0.1, 0.15) is 5.75 Å². The monoisotopic (exact) mass is 330 g/mol. The molecule has 120 valence electrons. The van der Waals surface area contributed by atoms with E-state index in [2.05, 4.69) is 41.8 Å². The van der Waals surface area contributed by atoms with Gasteiger partial charge in [0.15, 0.2) is 0 Å². The zero-order valence-corrected chi connectivity index (χ0v) is 13.9. The predicted octanol–water partition coefficient (Wildman–Crippen LogP) is 4.47. The molecule has 0 aliphatic heterocycles. The summed E-state index contributed by atoms with van der Waals surface area (Å²) in [6.07, 6.45) is 1.88. The fraction of sp³-hybridized carbons (Fsp3) is 0.278. The lowest BCUT2D eigenvalue weighted by Crippen LogP contribution is -2.38. The van der Waals surface area contributed by atoms with Crippen LogP contribution in [-0.2, 0) is 5.54 Å². The van der Waals surface area contributed by atoms with Crippen LogP contribution in [-0.4, -0.2) is 13.1 Å². The van der Waals surface area contributed by atoms with Gasteiger partial charge < -0.3 is 15.4 Å². The molecule has 0 bridgehead atoms. The molecule has 1 saturated carbocycles. The van der Waals surface area contributed by atoms with Gasteiger partial charge >= 0.3 is 6.03 Å². The third kappa shape index (κ3) is 3.42. The minimum atomic E-state index is -0.261. The Balaban J connectivity index is 1.73. The van der Waals surface area contributed by atoms with Gasteiger partial charge in [0.05, 0.1) is 18.3 Å². The number of urea groups is 1. The minimum Gasteiger partial charge on any atom is -0.495 e. The molecule has 1 fully saturated rings. The third-order valence-electron chi connectivity index (χ3n) is 4.12. The molecule has 2 N–H and O–H groups in total. The molecule has 1 aliphatic rings. The summed E-state index contributed by atoms with van der Waals surface area (Å²) in [5, 5.41) is 6.44. The molecule has 0 aromatic heterocycles. The normalized spacial score (nSPS) is 14.9. The average Bonchev–Trinajstić information content (AvgIpc) is 3.28. The Morgan fingerprint density at radius 2 is 1.87 bits per heavy atom. The number of halogens is 1. The first-order chi connectivity index (χ1) is 11.0. The summed E-state index contributed by atoms with van der Waals surface area (Å²) in [6.45, 7) is 2.05. The molecule has 5 heteroatoms. The molecule has 0 unspecified atom stereocenters. The van der Waals surface area contributed by atoms with Crippen LogP contribution in [0.3, 0.4) is 0 Å². The van der Waals surface area contributed by atoms with Crippen molar-refractivity contribution >= 4 is 23.3 Å². The van der Waals surface area contributed by atoms with Crippen LogP contribution in [0.4, 0.5) is 10.5 Å². The zero-order chi connectivity index (χ0) is 16.4. The quantitative estimate of drug-likeness (QED) is 0.869. The Kier molecular flexibility index (Phi) is 4.18. The Bertz CT molecular complexity index is 724. The maximum Gasteiger partial charge on any atom is 0.320 e. The van der Waals surface area contributed by atoms with Crippen molar-refractivity contribution in [2.75, 3.05) is 12.4 Å². The molecule has 2 aromatic rings. The molecule has 0 radical (unpaired) electrons. The third-order valence-corrected chi connectivity index (χ3v) is 4.35. The second-order valence-electron chi connectivity index (χ2n) is 5.87. The second kappa shape index (κ2) is 6.13. The van der Waals surface area contributed by atoms with E-state index in [0.717, 1.165) is 18.4 Å². The summed E-state index contributed by atoms with van der Waals surface area (Å²) in [7, 11) is 1.56. The van der Waals surface area contributed by atoms with E-state index < -0.39 is 0 Å². The lowest BCUT2D eigenvalue weighted by molar-refractivity contribution is 0.247. The van der Waals surface area contributed by atoms with Crippen molar-refractivity contribution in [1.29, 1.82) is 0 Å². The fourth-order valence-electron chi connectivity index (χ4n) is 2.63. The molecule has 0 saturated heterocycles. The van der Waals surface area contributed by atoms with Crippen LogP contribution < -0.4 is 15.4 Å². The average molecular weight is 331 g/mol. The lowest BCUT2D eigenvalue weighted by Gasteiger charge is -2.19. The van der Waals surface area contributed by atoms with Crippen molar-refractivity contribution in [1.82, 2.24) is 5.32 Å². The Morgan fingerprint density at radius 3 is 2.48 bits per heavy atom. The van der Waals surface area contributed by atoms with E-state index in [4.69, 9.17) is 16.3 Å². The molecule has 2 amide bonds. The van der Waals surface area contributed by atoms with Crippen molar-refractivity contribution in [2.45, 2.75) is 25.3 Å². The summed E-state index contributed by atoms with van der Waals surface area (Å²) in [5.74, 6) is 0.574. The number of anilines is 1. The van der Waals surface area contributed by atoms with Crippen molar-refractivity contribution in [3.05, 3.63) is 58.6 Å². The van der Waals surface area contributed by atoms with Crippen LogP contribution in [0.15, 0.2) is 42.5 Å². The molecule has 0 spiro atoms. The number of hydrogen-bond donors (Lipinski definition) is 2. The minimum absolute atomic E-state index is 0.260. The van der Waals surface area contributed by atoms with E-state index >= 15 is 0 Å². The number of benzene rings is 2. The van der Waals surface area contributed by atoms with Gasteiger partial charge in [0.25, 0.3) is 0 Å². The first kappa shape index (κ1) is 15.7. The van der Waals surface area contributed by atoms with E-state index in [1.807, 2.05) is 0 Å². The molecule has 23 heavy (non-hydrogen) atoms. The van der Waals surface area contributed by atoms with E-state index in [-0.39, 0.29) is 11.6 Å². The number of ether oxygens (including phenoxy) is 1. The number of carbonyl (C=O) groups is 1. The van der Waals surface area contributed by atoms with Gasteiger partial charge in [-0.2, -0.15) is 0 Å². The van der Waals surface area contributed by atoms with Gasteiger partial charge in [-0.15, -0.1) is 0 Å². The molecule has 1 aliphatic carbocycles. The Labute approximate surface area is 140 Å². The summed E-state index contributed by atoms with van der Waals surface area (Å²) in [5.41, 5.74) is 2.63. The first-order valence-electron chi connectivity index (χ1n) is 7.52. The van der Waals surface area contributed by atoms with E-state index in [1.54, 1.807) is 25.3 Å². The first-order valence-corrected chi connectivity index (χ1v) is 7.90. The molecule has 3 rings (SSSR count). The molecule has 2 aromatic carbocycles. The lowest BCUT2D eigenvalue weighted by atomic mass is 10.0. The summed E-state index contributed by atoms with van der Waals surface area (Å²) in [4.78, 5) is 12.4. The van der Waals surface area contributed by atoms with Crippen molar-refractivity contribution in [3.63, 3.8) is 0 Å². The predicted molar refractivity (Wildman–Crippen MR) is 92.2 cm³/mol. The zero-order valence-electron chi connectivity index (χ0n) is 13.2. The highest BCUT2D eigenvalue weighted by atomic mass is 35.5. The van der Waals surface area contributed by atoms with Crippen LogP contribution >= 0.6 is 11.6 Å². The van der Waals surface area contributed by atoms with Gasteiger partial charge in [-0.1, -0.05) is 41.4 Å². The highest BCUT2D eigenvalue weighted by Gasteiger charge is 2.45. The summed E-state index contributed by atoms with van der Waals surface area (Å²) in [6, 6.07) is 13.1. The Morgan fingerprint density at radius 1 is 1.17 bits per heavy atom. The number of nitrogens with one attached hydrogen (secondary N) is 2. The van der Waals surface area contributed by atoms with Gasteiger partial charge in [-0.3, -0.25) is 0 Å². The Hall–Kier alpha value is -2.20. The molecule has 0 heterocycles. The largest absolute Gasteiger partial charge is 0.495 e. The van der Waals surface area contributed by atoms with Crippen LogP contribution in [0.2, 0.25) is 5.02 Å². The van der Waals surface area contributed by atoms with E-state index in [1.165, 1.54) is 5.56 Å². The molecule has 0 atom stereocenters. The van der Waals surface area contributed by atoms with Crippen LogP contribution in [0.1, 0.15) is 24.0 Å². The van der Waals surface area contributed by atoms with Crippen molar-refractivity contribution in [3.8, 4) is 5.75 Å². The van der Waals surface area contributed by atoms with E-state index in [0.29, 0.717) is 16.5 Å². The van der Waals surface area contributed by atoms with Gasteiger partial charge in [-0.25, -0.2) is 4.79 Å². The fourth-order valence-corrected chi connectivity index (χ4v) is 2.80. The number of methoxy groups -OCH3 is 1.